The van der Waals surface area contributed by atoms with E-state index in [1.807, 2.05) is 18.3 Å². The summed E-state index contributed by atoms with van der Waals surface area (Å²) in [5.41, 5.74) is 3.22. The third kappa shape index (κ3) is 3.71. The van der Waals surface area contributed by atoms with Gasteiger partial charge in [0.05, 0.1) is 25.2 Å². The average Bonchev–Trinajstić information content (AvgIpc) is 3.32. The molecule has 1 atom stereocenters. The number of imidazole rings is 1. The first kappa shape index (κ1) is 17.7. The number of nitrogens with zero attached hydrogens (tertiary/aromatic N) is 3. The lowest BCUT2D eigenvalue weighted by Gasteiger charge is -2.33. The lowest BCUT2D eigenvalue weighted by molar-refractivity contribution is -0.128. The van der Waals surface area contributed by atoms with Gasteiger partial charge in [0.1, 0.15) is 0 Å². The first-order valence-corrected chi connectivity index (χ1v) is 9.86. The van der Waals surface area contributed by atoms with Crippen LogP contribution in [0.4, 0.5) is 0 Å². The van der Waals surface area contributed by atoms with Gasteiger partial charge in [-0.05, 0) is 38.0 Å². The molecule has 3 aliphatic rings. The lowest BCUT2D eigenvalue weighted by atomic mass is 9.97. The predicted octanol–water partition coefficient (Wildman–Crippen LogP) is 2.40. The monoisotopic (exact) mass is 359 g/mol. The van der Waals surface area contributed by atoms with Crippen molar-refractivity contribution in [3.63, 3.8) is 0 Å². The van der Waals surface area contributed by atoms with Crippen LogP contribution < -0.4 is 0 Å². The minimum absolute atomic E-state index is 0.188. The maximum atomic E-state index is 12.9. The van der Waals surface area contributed by atoms with Crippen LogP contribution in [0, 0.1) is 5.92 Å². The van der Waals surface area contributed by atoms with Gasteiger partial charge in [-0.2, -0.15) is 0 Å². The molecule has 0 radical (unpaired) electrons. The molecule has 0 saturated carbocycles. The number of hydrogen-bond acceptors (Lipinski definition) is 4. The maximum Gasteiger partial charge on any atom is 0.249 e. The van der Waals surface area contributed by atoms with Gasteiger partial charge >= 0.3 is 0 Å². The highest BCUT2D eigenvalue weighted by molar-refractivity contribution is 5.94. The second-order valence-electron chi connectivity index (χ2n) is 7.78. The van der Waals surface area contributed by atoms with Gasteiger partial charge in [-0.25, -0.2) is 4.98 Å². The smallest absolute Gasteiger partial charge is 0.249 e. The first-order valence-electron chi connectivity index (χ1n) is 9.86. The highest BCUT2D eigenvalue weighted by atomic mass is 16.5. The van der Waals surface area contributed by atoms with E-state index in [0.717, 1.165) is 69.7 Å². The van der Waals surface area contributed by atoms with E-state index in [0.29, 0.717) is 19.1 Å². The Morgan fingerprint density at radius 1 is 1.35 bits per heavy atom. The zero-order valence-electron chi connectivity index (χ0n) is 15.7. The molecular weight excluding hydrogens is 330 g/mol. The van der Waals surface area contributed by atoms with Gasteiger partial charge in [-0.15, -0.1) is 0 Å². The standard InChI is InChI=1S/C20H29N3O3/c1-22-14-21-18-11-23(20(24)16-4-2-3-5-16)10-17(19(18)22)13-26-12-15-6-8-25-9-7-15/h4,14-15,17H,2-3,5-13H2,1H3. The second kappa shape index (κ2) is 7.92. The van der Waals surface area contributed by atoms with Crippen LogP contribution >= 0.6 is 0 Å². The molecular formula is C20H29N3O3. The number of carbonyl (C=O) groups is 1. The number of ether oxygens (including phenoxy) is 2. The summed E-state index contributed by atoms with van der Waals surface area (Å²) in [5, 5.41) is 0. The Bertz CT molecular complexity index is 676. The number of aryl methyl sites for hydroxylation is 1. The van der Waals surface area contributed by atoms with Crippen LogP contribution in [-0.4, -0.2) is 53.3 Å². The normalized spacial score (nSPS) is 23.8. The van der Waals surface area contributed by atoms with E-state index in [4.69, 9.17) is 9.47 Å². The van der Waals surface area contributed by atoms with Crippen molar-refractivity contribution in [2.45, 2.75) is 44.6 Å². The number of aromatic nitrogens is 2. The zero-order valence-corrected chi connectivity index (χ0v) is 15.7. The molecule has 1 aromatic rings. The van der Waals surface area contributed by atoms with Gasteiger partial charge in [-0.3, -0.25) is 4.79 Å². The molecule has 1 saturated heterocycles. The van der Waals surface area contributed by atoms with E-state index in [9.17, 15) is 4.79 Å². The van der Waals surface area contributed by atoms with Crippen LogP contribution in [0.5, 0.6) is 0 Å². The Kier molecular flexibility index (Phi) is 5.41. The van der Waals surface area contributed by atoms with Crippen LogP contribution in [0.3, 0.4) is 0 Å². The van der Waals surface area contributed by atoms with E-state index in [2.05, 4.69) is 15.6 Å². The Hall–Kier alpha value is -1.66. The van der Waals surface area contributed by atoms with Crippen LogP contribution in [0.15, 0.2) is 18.0 Å². The van der Waals surface area contributed by atoms with Gasteiger partial charge in [0.25, 0.3) is 0 Å². The largest absolute Gasteiger partial charge is 0.381 e. The maximum absolute atomic E-state index is 12.9. The fourth-order valence-electron chi connectivity index (χ4n) is 4.38. The number of carbonyl (C=O) groups excluding carboxylic acids is 1. The Morgan fingerprint density at radius 3 is 2.96 bits per heavy atom. The molecule has 3 heterocycles. The minimum atomic E-state index is 0.188. The Labute approximate surface area is 155 Å². The second-order valence-corrected chi connectivity index (χ2v) is 7.78. The number of rotatable bonds is 5. The highest BCUT2D eigenvalue weighted by Crippen LogP contribution is 2.30. The average molecular weight is 359 g/mol. The fourth-order valence-corrected chi connectivity index (χ4v) is 4.38. The molecule has 4 rings (SSSR count). The molecule has 6 heteroatoms. The highest BCUT2D eigenvalue weighted by Gasteiger charge is 2.33. The number of amides is 1. The molecule has 26 heavy (non-hydrogen) atoms. The third-order valence-corrected chi connectivity index (χ3v) is 5.85. The molecule has 0 aromatic carbocycles. The van der Waals surface area contributed by atoms with Gasteiger partial charge in [0.2, 0.25) is 5.91 Å². The van der Waals surface area contributed by atoms with Crippen LogP contribution in [0.1, 0.15) is 49.4 Å². The van der Waals surface area contributed by atoms with Crippen molar-refractivity contribution in [3.05, 3.63) is 29.4 Å². The number of allylic oxidation sites excluding steroid dienone is 1. The predicted molar refractivity (Wildman–Crippen MR) is 97.7 cm³/mol. The van der Waals surface area contributed by atoms with Crippen LogP contribution in [0.2, 0.25) is 0 Å². The Balaban J connectivity index is 1.41. The van der Waals surface area contributed by atoms with Crippen molar-refractivity contribution in [3.8, 4) is 0 Å². The molecule has 1 unspecified atom stereocenters. The van der Waals surface area contributed by atoms with Crippen LogP contribution in [0.25, 0.3) is 0 Å². The third-order valence-electron chi connectivity index (χ3n) is 5.85. The summed E-state index contributed by atoms with van der Waals surface area (Å²) >= 11 is 0. The molecule has 142 valence electrons. The van der Waals surface area contributed by atoms with Crippen molar-refractivity contribution < 1.29 is 14.3 Å². The molecule has 0 spiro atoms. The quantitative estimate of drug-likeness (QED) is 0.810. The summed E-state index contributed by atoms with van der Waals surface area (Å²) in [7, 11) is 2.04. The van der Waals surface area contributed by atoms with Gasteiger partial charge < -0.3 is 18.9 Å². The van der Waals surface area contributed by atoms with Crippen LogP contribution in [-0.2, 0) is 27.9 Å². The summed E-state index contributed by atoms with van der Waals surface area (Å²) in [6.45, 7) is 4.46. The summed E-state index contributed by atoms with van der Waals surface area (Å²) in [4.78, 5) is 19.4. The van der Waals surface area contributed by atoms with Crippen molar-refractivity contribution in [1.82, 2.24) is 14.5 Å². The summed E-state index contributed by atoms with van der Waals surface area (Å²) < 4.78 is 13.6. The van der Waals surface area contributed by atoms with Crippen molar-refractivity contribution in [2.24, 2.45) is 13.0 Å². The lowest BCUT2D eigenvalue weighted by Crippen LogP contribution is -2.41. The minimum Gasteiger partial charge on any atom is -0.381 e. The topological polar surface area (TPSA) is 56.6 Å². The molecule has 1 amide bonds. The molecule has 2 aliphatic heterocycles. The fraction of sp³-hybridized carbons (Fsp3) is 0.700. The zero-order chi connectivity index (χ0) is 17.9. The van der Waals surface area contributed by atoms with Crippen molar-refractivity contribution in [1.29, 1.82) is 0 Å². The molecule has 6 nitrogen and oxygen atoms in total. The number of hydrogen-bond donors (Lipinski definition) is 0. The van der Waals surface area contributed by atoms with Crippen molar-refractivity contribution >= 4 is 5.91 Å². The van der Waals surface area contributed by atoms with E-state index in [1.165, 1.54) is 5.69 Å². The molecule has 0 bridgehead atoms. The van der Waals surface area contributed by atoms with Gasteiger partial charge in [-0.1, -0.05) is 6.08 Å². The number of fused-ring (bicyclic) bond motifs is 1. The molecule has 1 fully saturated rings. The summed E-state index contributed by atoms with van der Waals surface area (Å²) in [5.74, 6) is 0.977. The van der Waals surface area contributed by atoms with E-state index >= 15 is 0 Å². The Morgan fingerprint density at radius 2 is 2.19 bits per heavy atom. The molecule has 1 aromatic heterocycles. The van der Waals surface area contributed by atoms with Gasteiger partial charge in [0.15, 0.2) is 0 Å². The summed E-state index contributed by atoms with van der Waals surface area (Å²) in [6.07, 6.45) is 9.17. The first-order chi connectivity index (χ1) is 12.7. The van der Waals surface area contributed by atoms with E-state index in [1.54, 1.807) is 0 Å². The van der Waals surface area contributed by atoms with Gasteiger partial charge in [0, 0.05) is 50.6 Å². The molecule has 0 N–H and O–H groups in total. The van der Waals surface area contributed by atoms with E-state index in [-0.39, 0.29) is 11.8 Å². The SMILES string of the molecule is Cn1cnc2c1C(COCC1CCOCC1)CN(C(=O)C1=CCCC1)C2. The van der Waals surface area contributed by atoms with Crippen molar-refractivity contribution in [2.75, 3.05) is 33.0 Å². The summed E-state index contributed by atoms with van der Waals surface area (Å²) in [6, 6.07) is 0. The molecule has 1 aliphatic carbocycles. The van der Waals surface area contributed by atoms with E-state index < -0.39 is 0 Å².